The van der Waals surface area contributed by atoms with Gasteiger partial charge in [-0.1, -0.05) is 51.1 Å². The van der Waals surface area contributed by atoms with Crippen LogP contribution >= 0.6 is 0 Å². The Balaban J connectivity index is 2.77. The standard InChI is InChI=1S/C16H27NO2/c1-15(2,3)10-14(13-8-6-5-7-9-13)17-11-16(4,19)12-18/h5-9,14,17-19H,10-12H2,1-4H3. The fourth-order valence-corrected chi connectivity index (χ4v) is 2.00. The third kappa shape index (κ3) is 6.19. The van der Waals surface area contributed by atoms with Gasteiger partial charge in [0, 0.05) is 12.6 Å². The zero-order valence-corrected chi connectivity index (χ0v) is 12.5. The summed E-state index contributed by atoms with van der Waals surface area (Å²) in [6.07, 6.45) is 0.971. The first-order valence-corrected chi connectivity index (χ1v) is 6.85. The first kappa shape index (κ1) is 16.2. The second-order valence-electron chi connectivity index (χ2n) is 6.76. The highest BCUT2D eigenvalue weighted by Gasteiger charge is 2.24. The van der Waals surface area contributed by atoms with Gasteiger partial charge in [0.05, 0.1) is 12.2 Å². The summed E-state index contributed by atoms with van der Waals surface area (Å²) in [6, 6.07) is 10.4. The van der Waals surface area contributed by atoms with Gasteiger partial charge >= 0.3 is 0 Å². The van der Waals surface area contributed by atoms with Crippen molar-refractivity contribution in [1.82, 2.24) is 5.32 Å². The summed E-state index contributed by atoms with van der Waals surface area (Å²) in [5.41, 5.74) is 0.329. The summed E-state index contributed by atoms with van der Waals surface area (Å²) in [4.78, 5) is 0. The summed E-state index contributed by atoms with van der Waals surface area (Å²) >= 11 is 0. The Hall–Kier alpha value is -0.900. The minimum Gasteiger partial charge on any atom is -0.393 e. The van der Waals surface area contributed by atoms with Crippen LogP contribution in [0.2, 0.25) is 0 Å². The van der Waals surface area contributed by atoms with Crippen LogP contribution in [0.5, 0.6) is 0 Å². The fourth-order valence-electron chi connectivity index (χ4n) is 2.00. The third-order valence-electron chi connectivity index (χ3n) is 3.09. The van der Waals surface area contributed by atoms with E-state index in [4.69, 9.17) is 5.11 Å². The Morgan fingerprint density at radius 3 is 2.16 bits per heavy atom. The van der Waals surface area contributed by atoms with Gasteiger partial charge in [-0.15, -0.1) is 0 Å². The van der Waals surface area contributed by atoms with Gasteiger partial charge in [-0.25, -0.2) is 0 Å². The van der Waals surface area contributed by atoms with Crippen LogP contribution in [0.25, 0.3) is 0 Å². The predicted octanol–water partition coefficient (Wildman–Crippen LogP) is 2.50. The van der Waals surface area contributed by atoms with Crippen molar-refractivity contribution in [3.05, 3.63) is 35.9 Å². The molecule has 0 aromatic heterocycles. The molecule has 3 heteroatoms. The minimum atomic E-state index is -1.08. The highest BCUT2D eigenvalue weighted by molar-refractivity contribution is 5.19. The lowest BCUT2D eigenvalue weighted by molar-refractivity contribution is -0.000260. The number of hydrogen-bond donors (Lipinski definition) is 3. The van der Waals surface area contributed by atoms with Crippen LogP contribution in [-0.2, 0) is 0 Å². The van der Waals surface area contributed by atoms with Gasteiger partial charge in [0.2, 0.25) is 0 Å². The predicted molar refractivity (Wildman–Crippen MR) is 79.0 cm³/mol. The highest BCUT2D eigenvalue weighted by atomic mass is 16.3. The molecule has 19 heavy (non-hydrogen) atoms. The normalized spacial score (nSPS) is 16.9. The molecule has 2 atom stereocenters. The maximum absolute atomic E-state index is 9.90. The molecule has 0 bridgehead atoms. The van der Waals surface area contributed by atoms with Gasteiger partial charge in [-0.2, -0.15) is 0 Å². The van der Waals surface area contributed by atoms with E-state index in [1.165, 1.54) is 5.56 Å². The molecule has 0 aliphatic rings. The van der Waals surface area contributed by atoms with Crippen molar-refractivity contribution >= 4 is 0 Å². The number of nitrogens with one attached hydrogen (secondary N) is 1. The molecule has 0 saturated carbocycles. The summed E-state index contributed by atoms with van der Waals surface area (Å²) < 4.78 is 0. The molecule has 2 unspecified atom stereocenters. The second-order valence-corrected chi connectivity index (χ2v) is 6.76. The van der Waals surface area contributed by atoms with Crippen LogP contribution in [0.15, 0.2) is 30.3 Å². The van der Waals surface area contributed by atoms with Crippen LogP contribution in [0, 0.1) is 5.41 Å². The maximum atomic E-state index is 9.90. The van der Waals surface area contributed by atoms with E-state index in [0.717, 1.165) is 6.42 Å². The SMILES string of the molecule is CC(C)(C)CC(NCC(C)(O)CO)c1ccccc1. The highest BCUT2D eigenvalue weighted by Crippen LogP contribution is 2.29. The Bertz CT molecular complexity index is 368. The molecule has 1 aromatic carbocycles. The van der Waals surface area contributed by atoms with E-state index in [0.29, 0.717) is 6.54 Å². The number of rotatable bonds is 6. The zero-order valence-electron chi connectivity index (χ0n) is 12.5. The molecule has 0 spiro atoms. The Kier molecular flexibility index (Phi) is 5.53. The Morgan fingerprint density at radius 1 is 1.11 bits per heavy atom. The summed E-state index contributed by atoms with van der Waals surface area (Å²) in [6.45, 7) is 8.38. The van der Waals surface area contributed by atoms with Crippen LogP contribution in [0.1, 0.15) is 45.7 Å². The molecule has 0 fully saturated rings. The number of hydrogen-bond acceptors (Lipinski definition) is 3. The molecule has 0 saturated heterocycles. The first-order chi connectivity index (χ1) is 8.73. The van der Waals surface area contributed by atoms with E-state index in [-0.39, 0.29) is 18.1 Å². The van der Waals surface area contributed by atoms with E-state index >= 15 is 0 Å². The van der Waals surface area contributed by atoms with Gasteiger partial charge in [0.25, 0.3) is 0 Å². The molecule has 108 valence electrons. The quantitative estimate of drug-likeness (QED) is 0.741. The van der Waals surface area contributed by atoms with Crippen LogP contribution in [-0.4, -0.2) is 29.0 Å². The van der Waals surface area contributed by atoms with E-state index in [2.05, 4.69) is 38.2 Å². The van der Waals surface area contributed by atoms with Crippen molar-refractivity contribution in [2.75, 3.05) is 13.2 Å². The molecule has 3 nitrogen and oxygen atoms in total. The number of benzene rings is 1. The summed E-state index contributed by atoms with van der Waals surface area (Å²) in [5.74, 6) is 0. The van der Waals surface area contributed by atoms with Gasteiger partial charge in [-0.05, 0) is 24.3 Å². The topological polar surface area (TPSA) is 52.5 Å². The zero-order chi connectivity index (χ0) is 14.5. The van der Waals surface area contributed by atoms with E-state index in [1.807, 2.05) is 18.2 Å². The van der Waals surface area contributed by atoms with E-state index in [1.54, 1.807) is 6.92 Å². The molecule has 3 N–H and O–H groups in total. The number of aliphatic hydroxyl groups is 2. The molecule has 0 heterocycles. The molecule has 0 aliphatic carbocycles. The van der Waals surface area contributed by atoms with E-state index < -0.39 is 5.60 Å². The average molecular weight is 265 g/mol. The minimum absolute atomic E-state index is 0.180. The van der Waals surface area contributed by atoms with Crippen molar-refractivity contribution < 1.29 is 10.2 Å². The average Bonchev–Trinajstić information content (AvgIpc) is 2.34. The van der Waals surface area contributed by atoms with Gasteiger partial charge in [-0.3, -0.25) is 0 Å². The molecular weight excluding hydrogens is 238 g/mol. The van der Waals surface area contributed by atoms with Crippen molar-refractivity contribution in [3.8, 4) is 0 Å². The summed E-state index contributed by atoms with van der Waals surface area (Å²) in [7, 11) is 0. The van der Waals surface area contributed by atoms with Crippen molar-refractivity contribution in [3.63, 3.8) is 0 Å². The van der Waals surface area contributed by atoms with E-state index in [9.17, 15) is 5.11 Å². The molecule has 0 radical (unpaired) electrons. The van der Waals surface area contributed by atoms with Gasteiger partial charge in [0.1, 0.15) is 0 Å². The lowest BCUT2D eigenvalue weighted by Gasteiger charge is -2.30. The lowest BCUT2D eigenvalue weighted by Crippen LogP contribution is -2.42. The maximum Gasteiger partial charge on any atom is 0.0973 e. The van der Waals surface area contributed by atoms with Crippen LogP contribution in [0.3, 0.4) is 0 Å². The molecule has 1 aromatic rings. The monoisotopic (exact) mass is 265 g/mol. The third-order valence-corrected chi connectivity index (χ3v) is 3.09. The van der Waals surface area contributed by atoms with Gasteiger partial charge < -0.3 is 15.5 Å². The first-order valence-electron chi connectivity index (χ1n) is 6.85. The molecule has 0 amide bonds. The largest absolute Gasteiger partial charge is 0.393 e. The Labute approximate surface area is 116 Å². The molecule has 0 aliphatic heterocycles. The van der Waals surface area contributed by atoms with Crippen LogP contribution in [0.4, 0.5) is 0 Å². The van der Waals surface area contributed by atoms with Crippen molar-refractivity contribution in [2.45, 2.75) is 45.8 Å². The van der Waals surface area contributed by atoms with Crippen molar-refractivity contribution in [2.24, 2.45) is 5.41 Å². The molecular formula is C16H27NO2. The smallest absolute Gasteiger partial charge is 0.0973 e. The summed E-state index contributed by atoms with van der Waals surface area (Å²) in [5, 5.41) is 22.4. The second kappa shape index (κ2) is 6.51. The molecule has 1 rings (SSSR count). The Morgan fingerprint density at radius 2 is 1.68 bits per heavy atom. The number of aliphatic hydroxyl groups excluding tert-OH is 1. The fraction of sp³-hybridized carbons (Fsp3) is 0.625. The van der Waals surface area contributed by atoms with Crippen molar-refractivity contribution in [1.29, 1.82) is 0 Å². The van der Waals surface area contributed by atoms with Gasteiger partial charge in [0.15, 0.2) is 0 Å². The lowest BCUT2D eigenvalue weighted by atomic mass is 9.85. The van der Waals surface area contributed by atoms with Crippen LogP contribution < -0.4 is 5.32 Å².